The molecule has 20 heavy (non-hydrogen) atoms. The molecule has 0 fully saturated rings. The number of hydrogen-bond acceptors (Lipinski definition) is 1. The first-order valence-electron chi connectivity index (χ1n) is 6.74. The van der Waals surface area contributed by atoms with Crippen LogP contribution >= 0.6 is 16.5 Å². The lowest BCUT2D eigenvalue weighted by molar-refractivity contribution is 0.475. The molecule has 1 atom stereocenters. The molecule has 0 aliphatic carbocycles. The van der Waals surface area contributed by atoms with Crippen LogP contribution in [0.3, 0.4) is 0 Å². The van der Waals surface area contributed by atoms with E-state index in [4.69, 9.17) is 0 Å². The fourth-order valence-corrected chi connectivity index (χ4v) is 5.60. The normalized spacial score (nSPS) is 11.7. The molecular weight excluding hydrogens is 282 g/mol. The topological polar surface area (TPSA) is 20.2 Å². The third-order valence-electron chi connectivity index (χ3n) is 3.44. The highest BCUT2D eigenvalue weighted by Crippen LogP contribution is 2.29. The lowest BCUT2D eigenvalue weighted by Crippen LogP contribution is -2.23. The number of aromatic hydroxyl groups is 1. The van der Waals surface area contributed by atoms with Gasteiger partial charge in [0.2, 0.25) is 0 Å². The summed E-state index contributed by atoms with van der Waals surface area (Å²) in [5.74, 6) is 0.458. The molecule has 0 aliphatic rings. The summed E-state index contributed by atoms with van der Waals surface area (Å²) in [4.78, 5) is 0. The summed E-state index contributed by atoms with van der Waals surface area (Å²) in [7, 11) is 0.397. The maximum Gasteiger partial charge on any atom is 0.126 e. The van der Waals surface area contributed by atoms with Gasteiger partial charge < -0.3 is 5.11 Å². The largest absolute Gasteiger partial charge is 0.507 e. The van der Waals surface area contributed by atoms with Gasteiger partial charge in [-0.15, -0.1) is 0 Å². The molecule has 0 amide bonds. The minimum atomic E-state index is -0.128. The van der Waals surface area contributed by atoms with Crippen molar-refractivity contribution in [3.05, 3.63) is 47.0 Å². The number of phenols is 1. The van der Waals surface area contributed by atoms with Crippen LogP contribution in [0.15, 0.2) is 30.3 Å². The highest BCUT2D eigenvalue weighted by atomic mass is 31.1. The van der Waals surface area contributed by atoms with Gasteiger partial charge in [-0.1, -0.05) is 40.8 Å². The first-order chi connectivity index (χ1) is 9.40. The minimum absolute atomic E-state index is 0.128. The van der Waals surface area contributed by atoms with Gasteiger partial charge in [0.1, 0.15) is 5.75 Å². The predicted octanol–water partition coefficient (Wildman–Crippen LogP) is 3.31. The number of phenolic OH excluding ortho intramolecular Hbond substituents is 1. The van der Waals surface area contributed by atoms with Crippen molar-refractivity contribution in [1.82, 2.24) is 0 Å². The molecule has 106 valence electrons. The Bertz CT molecular complexity index is 633. The van der Waals surface area contributed by atoms with Crippen molar-refractivity contribution in [3.63, 3.8) is 0 Å². The van der Waals surface area contributed by atoms with E-state index in [2.05, 4.69) is 51.4 Å². The average Bonchev–Trinajstić information content (AvgIpc) is 2.37. The van der Waals surface area contributed by atoms with Crippen molar-refractivity contribution in [2.75, 3.05) is 13.3 Å². The summed E-state index contributed by atoms with van der Waals surface area (Å²) in [5, 5.41) is 14.2. The van der Waals surface area contributed by atoms with Crippen LogP contribution in [0.1, 0.15) is 16.7 Å². The zero-order chi connectivity index (χ0) is 14.9. The predicted molar refractivity (Wildman–Crippen MR) is 94.7 cm³/mol. The summed E-state index contributed by atoms with van der Waals surface area (Å²) in [6.45, 7) is 10.8. The smallest absolute Gasteiger partial charge is 0.126 e. The van der Waals surface area contributed by atoms with Crippen molar-refractivity contribution in [1.29, 1.82) is 0 Å². The lowest BCUT2D eigenvalue weighted by Gasteiger charge is -2.17. The van der Waals surface area contributed by atoms with E-state index >= 15 is 0 Å². The fourth-order valence-electron chi connectivity index (χ4n) is 2.38. The van der Waals surface area contributed by atoms with Gasteiger partial charge in [0.05, 0.1) is 0 Å². The molecule has 0 aliphatic heterocycles. The van der Waals surface area contributed by atoms with E-state index in [1.807, 2.05) is 13.0 Å². The second-order valence-corrected chi connectivity index (χ2v) is 9.03. The summed E-state index contributed by atoms with van der Waals surface area (Å²) in [5.41, 5.74) is 3.52. The monoisotopic (exact) mass is 304 g/mol. The molecule has 3 heteroatoms. The van der Waals surface area contributed by atoms with Gasteiger partial charge in [-0.05, 0) is 67.5 Å². The Morgan fingerprint density at radius 1 is 1.00 bits per heavy atom. The molecule has 1 unspecified atom stereocenters. The van der Waals surface area contributed by atoms with Gasteiger partial charge in [-0.2, -0.15) is 0 Å². The van der Waals surface area contributed by atoms with E-state index in [-0.39, 0.29) is 7.92 Å². The highest BCUT2D eigenvalue weighted by molar-refractivity contribution is 7.67. The van der Waals surface area contributed by atoms with Crippen molar-refractivity contribution < 1.29 is 5.11 Å². The summed E-state index contributed by atoms with van der Waals surface area (Å²) < 4.78 is 0. The maximum absolute atomic E-state index is 10.3. The second-order valence-electron chi connectivity index (χ2n) is 5.47. The highest BCUT2D eigenvalue weighted by Gasteiger charge is 2.13. The molecular formula is C17H22OP2. The van der Waals surface area contributed by atoms with Crippen LogP contribution in [-0.4, -0.2) is 18.4 Å². The molecule has 0 radical (unpaired) electrons. The third-order valence-corrected chi connectivity index (χ3v) is 6.55. The number of aryl methyl sites for hydroxylation is 3. The van der Waals surface area contributed by atoms with Gasteiger partial charge in [0.15, 0.2) is 0 Å². The van der Waals surface area contributed by atoms with Gasteiger partial charge in [0, 0.05) is 5.30 Å². The van der Waals surface area contributed by atoms with E-state index in [1.54, 1.807) is 0 Å². The summed E-state index contributed by atoms with van der Waals surface area (Å²) in [6, 6.07) is 10.7. The van der Waals surface area contributed by atoms with E-state index in [0.717, 1.165) is 10.9 Å². The van der Waals surface area contributed by atoms with E-state index in [9.17, 15) is 5.11 Å². The Labute approximate surface area is 125 Å². The molecule has 2 aromatic rings. The van der Waals surface area contributed by atoms with E-state index < -0.39 is 0 Å². The van der Waals surface area contributed by atoms with Crippen molar-refractivity contribution >= 4 is 32.4 Å². The minimum Gasteiger partial charge on any atom is -0.507 e. The Balaban J connectivity index is 2.50. The third kappa shape index (κ3) is 3.22. The first kappa shape index (κ1) is 15.5. The summed E-state index contributed by atoms with van der Waals surface area (Å²) >= 11 is 0. The molecule has 0 heterocycles. The molecule has 2 rings (SSSR count). The fraction of sp³-hybridized carbons (Fsp3) is 0.294. The SMILES string of the molecule is Cc1cc(C)c(O)c(Pc2c(C)cccc2P(C)C)c1. The van der Waals surface area contributed by atoms with Crippen LogP contribution in [0.4, 0.5) is 0 Å². The summed E-state index contributed by atoms with van der Waals surface area (Å²) in [6.07, 6.45) is 0. The zero-order valence-electron chi connectivity index (χ0n) is 12.8. The van der Waals surface area contributed by atoms with Crippen molar-refractivity contribution in [2.24, 2.45) is 0 Å². The van der Waals surface area contributed by atoms with Gasteiger partial charge in [-0.25, -0.2) is 0 Å². The molecule has 1 nitrogen and oxygen atoms in total. The molecule has 0 saturated heterocycles. The zero-order valence-corrected chi connectivity index (χ0v) is 14.7. The van der Waals surface area contributed by atoms with Crippen molar-refractivity contribution in [2.45, 2.75) is 20.8 Å². The van der Waals surface area contributed by atoms with Gasteiger partial charge >= 0.3 is 0 Å². The maximum atomic E-state index is 10.3. The quantitative estimate of drug-likeness (QED) is 0.863. The Morgan fingerprint density at radius 2 is 1.70 bits per heavy atom. The van der Waals surface area contributed by atoms with Crippen LogP contribution < -0.4 is 15.9 Å². The van der Waals surface area contributed by atoms with E-state index in [1.165, 1.54) is 21.7 Å². The first-order valence-corrected chi connectivity index (χ1v) is 9.98. The van der Waals surface area contributed by atoms with E-state index in [0.29, 0.717) is 14.3 Å². The standard InChI is InChI=1S/C17H22OP2/c1-11-9-13(3)16(18)14(10-11)19-17-12(2)7-6-8-15(17)20(4)5/h6-10,18-19H,1-5H3. The van der Waals surface area contributed by atoms with Gasteiger partial charge in [0.25, 0.3) is 0 Å². The Kier molecular flexibility index (Phi) is 4.84. The number of rotatable bonds is 3. The van der Waals surface area contributed by atoms with Crippen molar-refractivity contribution in [3.8, 4) is 5.75 Å². The average molecular weight is 304 g/mol. The molecule has 0 aromatic heterocycles. The molecule has 0 bridgehead atoms. The van der Waals surface area contributed by atoms with Crippen LogP contribution in [-0.2, 0) is 0 Å². The second kappa shape index (κ2) is 6.25. The number of benzene rings is 2. The molecule has 0 saturated carbocycles. The Morgan fingerprint density at radius 3 is 2.35 bits per heavy atom. The van der Waals surface area contributed by atoms with Crippen LogP contribution in [0, 0.1) is 20.8 Å². The molecule has 1 N–H and O–H groups in total. The number of hydrogen-bond donors (Lipinski definition) is 1. The lowest BCUT2D eigenvalue weighted by atomic mass is 10.1. The Hall–Kier alpha value is -0.900. The van der Waals surface area contributed by atoms with Crippen LogP contribution in [0.2, 0.25) is 0 Å². The van der Waals surface area contributed by atoms with Crippen LogP contribution in [0.25, 0.3) is 0 Å². The van der Waals surface area contributed by atoms with Crippen LogP contribution in [0.5, 0.6) is 5.75 Å². The molecule has 0 spiro atoms. The molecule has 2 aromatic carbocycles. The van der Waals surface area contributed by atoms with Gasteiger partial charge in [-0.3, -0.25) is 0 Å².